The summed E-state index contributed by atoms with van der Waals surface area (Å²) in [6.45, 7) is 0. The Bertz CT molecular complexity index is 958. The van der Waals surface area contributed by atoms with Crippen LogP contribution in [0.1, 0.15) is 0 Å². The van der Waals surface area contributed by atoms with Crippen LogP contribution < -0.4 is 10.0 Å². The molecule has 2 aromatic carbocycles. The zero-order valence-corrected chi connectivity index (χ0v) is 13.9. The molecule has 0 saturated heterocycles. The molecular weight excluding hydrogens is 374 g/mol. The van der Waals surface area contributed by atoms with Crippen LogP contribution in [0.15, 0.2) is 46.9 Å². The summed E-state index contributed by atoms with van der Waals surface area (Å²) in [5.74, 6) is -0.166. The van der Waals surface area contributed by atoms with Crippen LogP contribution in [-0.2, 0) is 0 Å². The molecule has 0 bridgehead atoms. The maximum Gasteiger partial charge on any atom is 0.573 e. The summed E-state index contributed by atoms with van der Waals surface area (Å²) in [6, 6.07) is 9.21. The van der Waals surface area contributed by atoms with Gasteiger partial charge in [0.1, 0.15) is 5.75 Å². The highest BCUT2D eigenvalue weighted by molar-refractivity contribution is 7.28. The molecule has 7 nitrogen and oxygen atoms in total. The lowest BCUT2D eigenvalue weighted by Gasteiger charge is -2.08. The highest BCUT2D eigenvalue weighted by Crippen LogP contribution is 2.28. The van der Waals surface area contributed by atoms with E-state index in [1.54, 1.807) is 0 Å². The van der Waals surface area contributed by atoms with Gasteiger partial charge in [0.15, 0.2) is 0 Å². The third kappa shape index (κ3) is 3.97. The molecule has 1 unspecified atom stereocenters. The number of benzene rings is 2. The molecule has 1 aromatic heterocycles. The van der Waals surface area contributed by atoms with Crippen LogP contribution in [0.4, 0.5) is 18.9 Å². The Hall–Kier alpha value is -3.00. The molecule has 3 aromatic rings. The lowest BCUT2D eigenvalue weighted by Crippen LogP contribution is -2.16. The fraction of sp³-hybridized carbons (Fsp3) is 0.0667. The predicted molar refractivity (Wildman–Crippen MR) is 87.9 cm³/mol. The second kappa shape index (κ2) is 6.72. The van der Waals surface area contributed by atoms with Crippen LogP contribution in [0.2, 0.25) is 0 Å². The first-order valence-electron chi connectivity index (χ1n) is 6.97. The molecule has 11 heteroatoms. The first-order chi connectivity index (χ1) is 12.2. The Morgan fingerprint density at radius 3 is 2.15 bits per heavy atom. The zero-order chi connectivity index (χ0) is 18.9. The van der Waals surface area contributed by atoms with Crippen molar-refractivity contribution in [2.75, 3.05) is 0 Å². The minimum Gasteiger partial charge on any atom is -0.416 e. The molecule has 26 heavy (non-hydrogen) atoms. The number of hydrogen-bond acceptors (Lipinski definition) is 6. The van der Waals surface area contributed by atoms with E-state index in [1.165, 1.54) is 30.3 Å². The monoisotopic (exact) mass is 383 g/mol. The largest absolute Gasteiger partial charge is 0.573 e. The Balaban J connectivity index is 1.84. The van der Waals surface area contributed by atoms with E-state index in [9.17, 15) is 23.3 Å². The molecule has 1 atom stereocenters. The zero-order valence-electron chi connectivity index (χ0n) is 12.7. The van der Waals surface area contributed by atoms with Crippen molar-refractivity contribution in [2.24, 2.45) is 0 Å². The van der Waals surface area contributed by atoms with E-state index in [1.807, 2.05) is 0 Å². The van der Waals surface area contributed by atoms with Crippen molar-refractivity contribution in [3.63, 3.8) is 0 Å². The smallest absolute Gasteiger partial charge is 0.416 e. The number of nitro groups is 1. The van der Waals surface area contributed by atoms with E-state index in [0.717, 1.165) is 12.1 Å². The second-order valence-corrected chi connectivity index (χ2v) is 5.64. The van der Waals surface area contributed by atoms with Gasteiger partial charge in [-0.1, -0.05) is 9.24 Å². The molecule has 1 heterocycles. The van der Waals surface area contributed by atoms with Crippen molar-refractivity contribution >= 4 is 20.2 Å². The van der Waals surface area contributed by atoms with Crippen LogP contribution in [0.3, 0.4) is 0 Å². The van der Waals surface area contributed by atoms with Crippen LogP contribution in [-0.4, -0.2) is 21.5 Å². The first kappa shape index (κ1) is 17.8. The number of rotatable bonds is 4. The SMILES string of the molecule is O=[N+]([O-])c1ccc(-c2nnc(-c3ccc(OC(F)(F)F)cc3)o2)cc1P. The van der Waals surface area contributed by atoms with Crippen molar-refractivity contribution in [1.82, 2.24) is 10.2 Å². The molecule has 0 amide bonds. The van der Waals surface area contributed by atoms with Gasteiger partial charge in [-0.05, 0) is 36.4 Å². The molecule has 0 fully saturated rings. The van der Waals surface area contributed by atoms with Gasteiger partial charge in [-0.3, -0.25) is 10.1 Å². The van der Waals surface area contributed by atoms with Crippen molar-refractivity contribution in [3.8, 4) is 28.7 Å². The Labute approximate surface area is 146 Å². The number of alkyl halides is 3. The van der Waals surface area contributed by atoms with Crippen molar-refractivity contribution < 1.29 is 27.2 Å². The quantitative estimate of drug-likeness (QED) is 0.388. The Morgan fingerprint density at radius 1 is 1.04 bits per heavy atom. The van der Waals surface area contributed by atoms with E-state index < -0.39 is 11.3 Å². The lowest BCUT2D eigenvalue weighted by molar-refractivity contribution is -0.383. The fourth-order valence-electron chi connectivity index (χ4n) is 2.11. The molecule has 0 N–H and O–H groups in total. The van der Waals surface area contributed by atoms with Crippen LogP contribution in [0, 0.1) is 10.1 Å². The van der Waals surface area contributed by atoms with Gasteiger partial charge >= 0.3 is 6.36 Å². The maximum atomic E-state index is 12.2. The maximum absolute atomic E-state index is 12.2. The van der Waals surface area contributed by atoms with E-state index in [2.05, 4.69) is 24.2 Å². The lowest BCUT2D eigenvalue weighted by atomic mass is 10.2. The van der Waals surface area contributed by atoms with E-state index in [0.29, 0.717) is 16.4 Å². The van der Waals surface area contributed by atoms with Crippen LogP contribution in [0.5, 0.6) is 5.75 Å². The number of nitrogens with zero attached hydrogens (tertiary/aromatic N) is 3. The summed E-state index contributed by atoms with van der Waals surface area (Å²) in [5, 5.41) is 18.9. The number of hydrogen-bond donors (Lipinski definition) is 0. The molecule has 0 saturated carbocycles. The normalized spacial score (nSPS) is 11.4. The van der Waals surface area contributed by atoms with Gasteiger partial charge in [0, 0.05) is 22.5 Å². The number of ether oxygens (including phenoxy) is 1. The number of halogens is 3. The van der Waals surface area contributed by atoms with Gasteiger partial charge in [-0.15, -0.1) is 23.4 Å². The molecule has 0 spiro atoms. The molecule has 0 radical (unpaired) electrons. The summed E-state index contributed by atoms with van der Waals surface area (Å²) in [5.41, 5.74) is 0.793. The Morgan fingerprint density at radius 2 is 1.62 bits per heavy atom. The van der Waals surface area contributed by atoms with Gasteiger partial charge in [-0.2, -0.15) is 0 Å². The molecule has 134 valence electrons. The van der Waals surface area contributed by atoms with Gasteiger partial charge in [0.05, 0.1) is 4.92 Å². The van der Waals surface area contributed by atoms with Gasteiger partial charge in [0.2, 0.25) is 11.8 Å². The van der Waals surface area contributed by atoms with E-state index >= 15 is 0 Å². The molecule has 0 aliphatic carbocycles. The molecule has 0 aliphatic heterocycles. The fourth-order valence-corrected chi connectivity index (χ4v) is 2.49. The standard InChI is InChI=1S/C15H9F3N3O4P/c16-15(17,18)25-10-4-1-8(2-5-10)13-19-20-14(24-13)9-3-6-11(21(22)23)12(26)7-9/h1-7H,26H2. The number of aromatic nitrogens is 2. The Kier molecular flexibility index (Phi) is 4.60. The van der Waals surface area contributed by atoms with Crippen molar-refractivity contribution in [2.45, 2.75) is 6.36 Å². The van der Waals surface area contributed by atoms with Crippen molar-refractivity contribution in [3.05, 3.63) is 52.6 Å². The molecule has 0 aliphatic rings. The first-order valence-corrected chi connectivity index (χ1v) is 7.54. The third-order valence-electron chi connectivity index (χ3n) is 3.23. The van der Waals surface area contributed by atoms with Crippen molar-refractivity contribution in [1.29, 1.82) is 0 Å². The van der Waals surface area contributed by atoms with Crippen LogP contribution in [0.25, 0.3) is 22.9 Å². The minimum atomic E-state index is -4.77. The van der Waals surface area contributed by atoms with E-state index in [-0.39, 0.29) is 23.2 Å². The number of nitro benzene ring substituents is 1. The highest BCUT2D eigenvalue weighted by atomic mass is 31.0. The van der Waals surface area contributed by atoms with Gasteiger partial charge in [-0.25, -0.2) is 0 Å². The highest BCUT2D eigenvalue weighted by Gasteiger charge is 2.31. The van der Waals surface area contributed by atoms with Gasteiger partial charge < -0.3 is 9.15 Å². The molecule has 3 rings (SSSR count). The van der Waals surface area contributed by atoms with Gasteiger partial charge in [0.25, 0.3) is 5.69 Å². The average Bonchev–Trinajstić information content (AvgIpc) is 3.03. The minimum absolute atomic E-state index is 0.0706. The predicted octanol–water partition coefficient (Wildman–Crippen LogP) is 3.71. The summed E-state index contributed by atoms with van der Waals surface area (Å²) in [7, 11) is 2.25. The summed E-state index contributed by atoms with van der Waals surface area (Å²) in [6.07, 6.45) is -4.77. The summed E-state index contributed by atoms with van der Waals surface area (Å²) >= 11 is 0. The average molecular weight is 383 g/mol. The molecular formula is C15H9F3N3O4P. The second-order valence-electron chi connectivity index (χ2n) is 5.02. The third-order valence-corrected chi connectivity index (χ3v) is 3.69. The van der Waals surface area contributed by atoms with Crippen LogP contribution >= 0.6 is 9.24 Å². The topological polar surface area (TPSA) is 91.3 Å². The van der Waals surface area contributed by atoms with E-state index in [4.69, 9.17) is 4.42 Å². The summed E-state index contributed by atoms with van der Waals surface area (Å²) < 4.78 is 45.8. The summed E-state index contributed by atoms with van der Waals surface area (Å²) in [4.78, 5) is 10.3.